The van der Waals surface area contributed by atoms with Crippen molar-refractivity contribution in [2.75, 3.05) is 11.4 Å². The molecule has 0 aromatic heterocycles. The van der Waals surface area contributed by atoms with Crippen molar-refractivity contribution >= 4 is 33.4 Å². The van der Waals surface area contributed by atoms with Crippen molar-refractivity contribution in [1.29, 1.82) is 0 Å². The molecule has 1 aliphatic heterocycles. The first-order chi connectivity index (χ1) is 9.88. The Bertz CT molecular complexity index is 563. The molecule has 1 fully saturated rings. The van der Waals surface area contributed by atoms with E-state index in [0.29, 0.717) is 16.6 Å². The first-order valence-electron chi connectivity index (χ1n) is 6.94. The third kappa shape index (κ3) is 3.81. The molecule has 1 aromatic carbocycles. The Hall–Kier alpha value is -1.43. The molecule has 0 aliphatic carbocycles. The normalized spacial score (nSPS) is 19.7. The number of rotatable bonds is 3. The summed E-state index contributed by atoms with van der Waals surface area (Å²) in [6.45, 7) is 4.24. The number of nitrogens with zero attached hydrogens (tertiary/aromatic N) is 1. The van der Waals surface area contributed by atoms with Crippen molar-refractivity contribution in [3.8, 4) is 0 Å². The monoisotopic (exact) mass is 356 g/mol. The van der Waals surface area contributed by atoms with Gasteiger partial charge in [-0.3, -0.25) is 9.59 Å². The van der Waals surface area contributed by atoms with E-state index in [1.54, 1.807) is 6.07 Å². The SMILES string of the molecule is CC(C)CC1NC(=O)CCN(c2cc(F)ccc2Br)C1=O. The minimum Gasteiger partial charge on any atom is -0.344 e. The standard InChI is InChI=1S/C15H18BrFN2O2/c1-9(2)7-12-15(21)19(6-5-14(20)18-12)13-8-10(17)3-4-11(13)16/h3-4,8-9,12H,5-7H2,1-2H3,(H,18,20). The van der Waals surface area contributed by atoms with Crippen molar-refractivity contribution in [2.45, 2.75) is 32.7 Å². The van der Waals surface area contributed by atoms with Gasteiger partial charge in [0.1, 0.15) is 11.9 Å². The molecule has 114 valence electrons. The van der Waals surface area contributed by atoms with Crippen LogP contribution in [-0.4, -0.2) is 24.4 Å². The van der Waals surface area contributed by atoms with Gasteiger partial charge in [0, 0.05) is 17.4 Å². The van der Waals surface area contributed by atoms with E-state index in [2.05, 4.69) is 21.2 Å². The lowest BCUT2D eigenvalue weighted by Gasteiger charge is -2.26. The molecule has 0 saturated carbocycles. The lowest BCUT2D eigenvalue weighted by atomic mass is 10.0. The highest BCUT2D eigenvalue weighted by Crippen LogP contribution is 2.29. The van der Waals surface area contributed by atoms with Crippen molar-refractivity contribution in [3.05, 3.63) is 28.5 Å². The zero-order valence-electron chi connectivity index (χ0n) is 12.0. The molecule has 0 bridgehead atoms. The number of amides is 2. The summed E-state index contributed by atoms with van der Waals surface area (Å²) in [6.07, 6.45) is 0.775. The molecule has 6 heteroatoms. The van der Waals surface area contributed by atoms with E-state index >= 15 is 0 Å². The Balaban J connectivity index is 2.35. The zero-order chi connectivity index (χ0) is 15.6. The van der Waals surface area contributed by atoms with Gasteiger partial charge in [-0.2, -0.15) is 0 Å². The summed E-state index contributed by atoms with van der Waals surface area (Å²) >= 11 is 3.34. The van der Waals surface area contributed by atoms with Gasteiger partial charge < -0.3 is 10.2 Å². The number of halogens is 2. The van der Waals surface area contributed by atoms with E-state index in [9.17, 15) is 14.0 Å². The molecular weight excluding hydrogens is 339 g/mol. The molecule has 1 aliphatic rings. The largest absolute Gasteiger partial charge is 0.344 e. The molecular formula is C15H18BrFN2O2. The van der Waals surface area contributed by atoms with Gasteiger partial charge in [0.25, 0.3) is 0 Å². The Kier molecular flexibility index (Phi) is 4.98. The van der Waals surface area contributed by atoms with Crippen molar-refractivity contribution in [3.63, 3.8) is 0 Å². The maximum Gasteiger partial charge on any atom is 0.249 e. The molecule has 0 spiro atoms. The summed E-state index contributed by atoms with van der Waals surface area (Å²) < 4.78 is 14.1. The van der Waals surface area contributed by atoms with Gasteiger partial charge in [0.05, 0.1) is 5.69 Å². The molecule has 1 saturated heterocycles. The summed E-state index contributed by atoms with van der Waals surface area (Å²) in [7, 11) is 0. The molecule has 1 heterocycles. The van der Waals surface area contributed by atoms with Gasteiger partial charge in [0.15, 0.2) is 0 Å². The van der Waals surface area contributed by atoms with Crippen molar-refractivity contribution < 1.29 is 14.0 Å². The molecule has 1 N–H and O–H groups in total. The van der Waals surface area contributed by atoms with Crippen LogP contribution < -0.4 is 10.2 Å². The second-order valence-corrected chi connectivity index (χ2v) is 6.44. The fourth-order valence-corrected chi connectivity index (χ4v) is 2.86. The highest BCUT2D eigenvalue weighted by atomic mass is 79.9. The number of hydrogen-bond acceptors (Lipinski definition) is 2. The maximum atomic E-state index is 13.5. The molecule has 1 unspecified atom stereocenters. The summed E-state index contributed by atoms with van der Waals surface area (Å²) in [5, 5.41) is 2.75. The average molecular weight is 357 g/mol. The Morgan fingerprint density at radius 3 is 2.81 bits per heavy atom. The molecule has 21 heavy (non-hydrogen) atoms. The highest BCUT2D eigenvalue weighted by Gasteiger charge is 2.32. The minimum absolute atomic E-state index is 0.149. The lowest BCUT2D eigenvalue weighted by Crippen LogP contribution is -2.45. The zero-order valence-corrected chi connectivity index (χ0v) is 13.6. The van der Waals surface area contributed by atoms with Crippen LogP contribution in [-0.2, 0) is 9.59 Å². The van der Waals surface area contributed by atoms with Crippen LogP contribution >= 0.6 is 15.9 Å². The smallest absolute Gasteiger partial charge is 0.249 e. The van der Waals surface area contributed by atoms with Crippen LogP contribution in [0.5, 0.6) is 0 Å². The van der Waals surface area contributed by atoms with Gasteiger partial charge >= 0.3 is 0 Å². The molecule has 0 radical (unpaired) electrons. The van der Waals surface area contributed by atoms with Gasteiger partial charge in [-0.25, -0.2) is 4.39 Å². The van der Waals surface area contributed by atoms with E-state index in [-0.39, 0.29) is 30.7 Å². The quantitative estimate of drug-likeness (QED) is 0.905. The van der Waals surface area contributed by atoms with Crippen molar-refractivity contribution in [1.82, 2.24) is 5.32 Å². The van der Waals surface area contributed by atoms with Crippen LogP contribution in [0.3, 0.4) is 0 Å². The number of hydrogen-bond donors (Lipinski definition) is 1. The highest BCUT2D eigenvalue weighted by molar-refractivity contribution is 9.10. The van der Waals surface area contributed by atoms with Gasteiger partial charge in [-0.15, -0.1) is 0 Å². The lowest BCUT2D eigenvalue weighted by molar-refractivity contribution is -0.125. The van der Waals surface area contributed by atoms with Crippen LogP contribution in [0.15, 0.2) is 22.7 Å². The number of nitrogens with one attached hydrogen (secondary N) is 1. The Morgan fingerprint density at radius 1 is 1.43 bits per heavy atom. The molecule has 4 nitrogen and oxygen atoms in total. The molecule has 1 atom stereocenters. The van der Waals surface area contributed by atoms with E-state index in [4.69, 9.17) is 0 Å². The molecule has 2 rings (SSSR count). The topological polar surface area (TPSA) is 49.4 Å². The van der Waals surface area contributed by atoms with Crippen LogP contribution in [0.4, 0.5) is 10.1 Å². The fraction of sp³-hybridized carbons (Fsp3) is 0.467. The maximum absolute atomic E-state index is 13.5. The van der Waals surface area contributed by atoms with E-state index in [1.165, 1.54) is 17.0 Å². The number of carbonyl (C=O) groups excluding carboxylic acids is 2. The predicted molar refractivity (Wildman–Crippen MR) is 82.5 cm³/mol. The first-order valence-corrected chi connectivity index (χ1v) is 7.73. The van der Waals surface area contributed by atoms with Crippen molar-refractivity contribution in [2.24, 2.45) is 5.92 Å². The second kappa shape index (κ2) is 6.56. The van der Waals surface area contributed by atoms with Gasteiger partial charge in [-0.05, 0) is 46.5 Å². The number of carbonyl (C=O) groups is 2. The third-order valence-electron chi connectivity index (χ3n) is 3.37. The van der Waals surface area contributed by atoms with Gasteiger partial charge in [0.2, 0.25) is 11.8 Å². The third-order valence-corrected chi connectivity index (χ3v) is 4.04. The van der Waals surface area contributed by atoms with E-state index < -0.39 is 11.9 Å². The first kappa shape index (κ1) is 15.9. The van der Waals surface area contributed by atoms with Crippen LogP contribution in [0, 0.1) is 11.7 Å². The van der Waals surface area contributed by atoms with Crippen LogP contribution in [0.1, 0.15) is 26.7 Å². The summed E-state index contributed by atoms with van der Waals surface area (Å²) in [6, 6.07) is 3.64. The summed E-state index contributed by atoms with van der Waals surface area (Å²) in [5.41, 5.74) is 0.463. The predicted octanol–water partition coefficient (Wildman–Crippen LogP) is 2.86. The fourth-order valence-electron chi connectivity index (χ4n) is 2.40. The molecule has 1 aromatic rings. The summed E-state index contributed by atoms with van der Waals surface area (Å²) in [5.74, 6) is -0.482. The Labute approximate surface area is 131 Å². The average Bonchev–Trinajstić information content (AvgIpc) is 2.53. The van der Waals surface area contributed by atoms with Crippen LogP contribution in [0.25, 0.3) is 0 Å². The van der Waals surface area contributed by atoms with E-state index in [0.717, 1.165) is 0 Å². The van der Waals surface area contributed by atoms with Gasteiger partial charge in [-0.1, -0.05) is 13.8 Å². The number of anilines is 1. The second-order valence-electron chi connectivity index (χ2n) is 5.59. The number of benzene rings is 1. The summed E-state index contributed by atoms with van der Waals surface area (Å²) in [4.78, 5) is 25.9. The Morgan fingerprint density at radius 2 is 2.14 bits per heavy atom. The minimum atomic E-state index is -0.560. The van der Waals surface area contributed by atoms with E-state index in [1.807, 2.05) is 13.8 Å². The van der Waals surface area contributed by atoms with Crippen LogP contribution in [0.2, 0.25) is 0 Å². The molecule has 2 amide bonds.